The van der Waals surface area contributed by atoms with Gasteiger partial charge in [0.15, 0.2) is 11.5 Å². The van der Waals surface area contributed by atoms with Crippen molar-refractivity contribution in [2.45, 2.75) is 36.6 Å². The van der Waals surface area contributed by atoms with Crippen molar-refractivity contribution < 1.29 is 27.8 Å². The average molecular weight is 355 g/mol. The smallest absolute Gasteiger partial charge is 0.328 e. The van der Waals surface area contributed by atoms with E-state index < -0.39 is 16.0 Å². The Balaban J connectivity index is 2.48. The van der Waals surface area contributed by atoms with Crippen LogP contribution < -0.4 is 14.2 Å². The summed E-state index contributed by atoms with van der Waals surface area (Å²) in [6.07, 6.45) is 5.83. The predicted octanol–water partition coefficient (Wildman–Crippen LogP) is 2.02. The fraction of sp³-hybridized carbons (Fsp3) is 0.438. The minimum absolute atomic E-state index is 0.0683. The van der Waals surface area contributed by atoms with Gasteiger partial charge in [-0.15, -0.1) is 0 Å². The molecule has 7 nitrogen and oxygen atoms in total. The van der Waals surface area contributed by atoms with Crippen LogP contribution in [-0.4, -0.2) is 39.8 Å². The molecule has 132 valence electrons. The number of benzene rings is 1. The third kappa shape index (κ3) is 4.27. The van der Waals surface area contributed by atoms with Crippen LogP contribution in [0.1, 0.15) is 31.2 Å². The van der Waals surface area contributed by atoms with Crippen molar-refractivity contribution in [3.63, 3.8) is 0 Å². The van der Waals surface area contributed by atoms with Crippen molar-refractivity contribution in [3.05, 3.63) is 23.8 Å². The third-order valence-electron chi connectivity index (χ3n) is 3.85. The first-order valence-corrected chi connectivity index (χ1v) is 9.05. The molecule has 0 unspecified atom stereocenters. The summed E-state index contributed by atoms with van der Waals surface area (Å²) >= 11 is 0. The van der Waals surface area contributed by atoms with Crippen molar-refractivity contribution in [2.24, 2.45) is 0 Å². The van der Waals surface area contributed by atoms with Crippen LogP contribution in [0.4, 0.5) is 0 Å². The van der Waals surface area contributed by atoms with Crippen molar-refractivity contribution >= 4 is 22.1 Å². The SMILES string of the molecule is COc1cc(C=CC(=O)O)cc(S(=O)(=O)NC2CCCC2)c1OC. The molecule has 0 heterocycles. The fourth-order valence-corrected chi connectivity index (χ4v) is 4.26. The van der Waals surface area contributed by atoms with Crippen LogP contribution in [0, 0.1) is 0 Å². The van der Waals surface area contributed by atoms with E-state index in [-0.39, 0.29) is 22.4 Å². The van der Waals surface area contributed by atoms with Gasteiger partial charge in [0.05, 0.1) is 14.2 Å². The number of ether oxygens (including phenoxy) is 2. The van der Waals surface area contributed by atoms with Crippen molar-refractivity contribution in [1.29, 1.82) is 0 Å². The number of rotatable bonds is 7. The highest BCUT2D eigenvalue weighted by Crippen LogP contribution is 2.36. The molecule has 24 heavy (non-hydrogen) atoms. The number of carboxylic acid groups (broad SMARTS) is 1. The number of methoxy groups -OCH3 is 2. The largest absolute Gasteiger partial charge is 0.493 e. The van der Waals surface area contributed by atoms with Crippen molar-refractivity contribution in [3.8, 4) is 11.5 Å². The van der Waals surface area contributed by atoms with Gasteiger partial charge in [0.25, 0.3) is 0 Å². The molecule has 1 aliphatic rings. The minimum atomic E-state index is -3.82. The second-order valence-electron chi connectivity index (χ2n) is 5.53. The van der Waals surface area contributed by atoms with E-state index in [4.69, 9.17) is 14.6 Å². The Morgan fingerprint density at radius 2 is 1.92 bits per heavy atom. The average Bonchev–Trinajstić information content (AvgIpc) is 3.03. The molecule has 0 amide bonds. The standard InChI is InChI=1S/C16H21NO6S/c1-22-13-9-11(7-8-15(18)19)10-14(16(13)23-2)24(20,21)17-12-5-3-4-6-12/h7-10,12,17H,3-6H2,1-2H3,(H,18,19). The first kappa shape index (κ1) is 18.3. The molecule has 0 radical (unpaired) electrons. The quantitative estimate of drug-likeness (QED) is 0.726. The lowest BCUT2D eigenvalue weighted by molar-refractivity contribution is -0.131. The van der Waals surface area contributed by atoms with E-state index in [0.29, 0.717) is 5.56 Å². The van der Waals surface area contributed by atoms with E-state index in [2.05, 4.69) is 4.72 Å². The fourth-order valence-electron chi connectivity index (χ4n) is 2.74. The first-order valence-electron chi connectivity index (χ1n) is 7.56. The van der Waals surface area contributed by atoms with Gasteiger partial charge in [-0.05, 0) is 36.6 Å². The van der Waals surface area contributed by atoms with Crippen LogP contribution in [0.2, 0.25) is 0 Å². The topological polar surface area (TPSA) is 102 Å². The molecule has 0 spiro atoms. The summed E-state index contributed by atoms with van der Waals surface area (Å²) < 4.78 is 38.6. The molecule has 2 rings (SSSR count). The van der Waals surface area contributed by atoms with E-state index in [9.17, 15) is 13.2 Å². The van der Waals surface area contributed by atoms with E-state index in [1.165, 1.54) is 32.4 Å². The maximum atomic E-state index is 12.7. The van der Waals surface area contributed by atoms with Gasteiger partial charge in [0.2, 0.25) is 10.0 Å². The van der Waals surface area contributed by atoms with Crippen LogP contribution in [0.5, 0.6) is 11.5 Å². The number of sulfonamides is 1. The monoisotopic (exact) mass is 355 g/mol. The van der Waals surface area contributed by atoms with Crippen molar-refractivity contribution in [1.82, 2.24) is 4.72 Å². The molecule has 0 atom stereocenters. The lowest BCUT2D eigenvalue weighted by Crippen LogP contribution is -2.33. The van der Waals surface area contributed by atoms with Crippen LogP contribution in [0.25, 0.3) is 6.08 Å². The summed E-state index contributed by atoms with van der Waals surface area (Å²) in [7, 11) is -1.06. The highest BCUT2D eigenvalue weighted by Gasteiger charge is 2.27. The van der Waals surface area contributed by atoms with E-state index in [1.807, 2.05) is 0 Å². The maximum Gasteiger partial charge on any atom is 0.328 e. The molecule has 0 bridgehead atoms. The van der Waals surface area contributed by atoms with Gasteiger partial charge in [0, 0.05) is 12.1 Å². The molecule has 1 saturated carbocycles. The maximum absolute atomic E-state index is 12.7. The second kappa shape index (κ2) is 7.67. The minimum Gasteiger partial charge on any atom is -0.493 e. The van der Waals surface area contributed by atoms with Gasteiger partial charge >= 0.3 is 5.97 Å². The lowest BCUT2D eigenvalue weighted by Gasteiger charge is -2.17. The van der Waals surface area contributed by atoms with Gasteiger partial charge in [-0.25, -0.2) is 17.9 Å². The summed E-state index contributed by atoms with van der Waals surface area (Å²) in [5, 5.41) is 8.75. The Morgan fingerprint density at radius 1 is 1.25 bits per heavy atom. The van der Waals surface area contributed by atoms with Gasteiger partial charge in [-0.3, -0.25) is 0 Å². The lowest BCUT2D eigenvalue weighted by atomic mass is 10.2. The Kier molecular flexibility index (Phi) is 5.84. The highest BCUT2D eigenvalue weighted by atomic mass is 32.2. The first-order chi connectivity index (χ1) is 11.4. The van der Waals surface area contributed by atoms with E-state index in [0.717, 1.165) is 31.8 Å². The third-order valence-corrected chi connectivity index (χ3v) is 5.38. The summed E-state index contributed by atoms with van der Waals surface area (Å²) in [5.41, 5.74) is 0.391. The Bertz CT molecular complexity index is 735. The summed E-state index contributed by atoms with van der Waals surface area (Å²) in [6.45, 7) is 0. The van der Waals surface area contributed by atoms with E-state index in [1.54, 1.807) is 0 Å². The molecule has 1 aliphatic carbocycles. The number of nitrogens with one attached hydrogen (secondary N) is 1. The zero-order valence-corrected chi connectivity index (χ0v) is 14.4. The summed E-state index contributed by atoms with van der Waals surface area (Å²) in [6, 6.07) is 2.80. The summed E-state index contributed by atoms with van der Waals surface area (Å²) in [5.74, 6) is -0.814. The molecule has 1 fully saturated rings. The molecular weight excluding hydrogens is 334 g/mol. The van der Waals surface area contributed by atoms with Crippen LogP contribution in [0.15, 0.2) is 23.1 Å². The zero-order chi connectivity index (χ0) is 17.7. The van der Waals surface area contributed by atoms with Gasteiger partial charge in [-0.1, -0.05) is 12.8 Å². The zero-order valence-electron chi connectivity index (χ0n) is 13.6. The highest BCUT2D eigenvalue weighted by molar-refractivity contribution is 7.89. The van der Waals surface area contributed by atoms with Gasteiger partial charge < -0.3 is 14.6 Å². The Labute approximate surface area is 141 Å². The number of hydrogen-bond donors (Lipinski definition) is 2. The second-order valence-corrected chi connectivity index (χ2v) is 7.21. The molecule has 1 aromatic rings. The Hall–Kier alpha value is -2.06. The van der Waals surface area contributed by atoms with Crippen molar-refractivity contribution in [2.75, 3.05) is 14.2 Å². The van der Waals surface area contributed by atoms with Gasteiger partial charge in [0.1, 0.15) is 4.90 Å². The number of hydrogen-bond acceptors (Lipinski definition) is 5. The summed E-state index contributed by atoms with van der Waals surface area (Å²) in [4.78, 5) is 10.6. The molecule has 0 aromatic heterocycles. The number of carboxylic acids is 1. The number of carbonyl (C=O) groups is 1. The number of aliphatic carboxylic acids is 1. The predicted molar refractivity (Wildman–Crippen MR) is 88.8 cm³/mol. The normalized spacial score (nSPS) is 15.8. The Morgan fingerprint density at radius 3 is 2.46 bits per heavy atom. The van der Waals surface area contributed by atoms with Crippen LogP contribution >= 0.6 is 0 Å². The van der Waals surface area contributed by atoms with E-state index >= 15 is 0 Å². The molecule has 8 heteroatoms. The molecule has 1 aromatic carbocycles. The van der Waals surface area contributed by atoms with Crippen LogP contribution in [-0.2, 0) is 14.8 Å². The molecule has 2 N–H and O–H groups in total. The molecule has 0 aliphatic heterocycles. The molecular formula is C16H21NO6S. The van der Waals surface area contributed by atoms with Crippen LogP contribution in [0.3, 0.4) is 0 Å². The molecule has 0 saturated heterocycles. The van der Waals surface area contributed by atoms with Gasteiger partial charge in [-0.2, -0.15) is 0 Å².